The van der Waals surface area contributed by atoms with Gasteiger partial charge in [-0.15, -0.1) is 0 Å². The first-order valence-corrected chi connectivity index (χ1v) is 16.6. The minimum atomic E-state index is -4.21. The average molecular weight is 644 g/mol. The Balaban J connectivity index is 1.82. The minimum Gasteiger partial charge on any atom is -0.497 e. The highest BCUT2D eigenvalue weighted by Gasteiger charge is 2.35. The summed E-state index contributed by atoms with van der Waals surface area (Å²) in [4.78, 5) is 30.0. The third-order valence-electron chi connectivity index (χ3n) is 7.71. The average Bonchev–Trinajstić information content (AvgIpc) is 3.09. The number of carbonyl (C=O) groups is 2. The van der Waals surface area contributed by atoms with E-state index < -0.39 is 28.5 Å². The van der Waals surface area contributed by atoms with Crippen molar-refractivity contribution in [2.24, 2.45) is 0 Å². The Hall–Kier alpha value is -4.83. The Kier molecular flexibility index (Phi) is 11.8. The summed E-state index contributed by atoms with van der Waals surface area (Å²) < 4.78 is 40.1. The van der Waals surface area contributed by atoms with E-state index in [1.807, 2.05) is 56.3 Å². The first-order chi connectivity index (χ1) is 22.2. The molecule has 2 atom stereocenters. The van der Waals surface area contributed by atoms with Crippen molar-refractivity contribution in [2.45, 2.75) is 50.2 Å². The number of ether oxygens (including phenoxy) is 2. The van der Waals surface area contributed by atoms with Crippen molar-refractivity contribution in [3.8, 4) is 11.5 Å². The van der Waals surface area contributed by atoms with Crippen molar-refractivity contribution in [3.63, 3.8) is 0 Å². The molecule has 0 radical (unpaired) electrons. The van der Waals surface area contributed by atoms with Gasteiger partial charge in [-0.3, -0.25) is 13.9 Å². The summed E-state index contributed by atoms with van der Waals surface area (Å²) in [6.45, 7) is 3.36. The van der Waals surface area contributed by atoms with E-state index in [0.717, 1.165) is 15.4 Å². The molecule has 242 valence electrons. The van der Waals surface area contributed by atoms with Crippen molar-refractivity contribution < 1.29 is 27.5 Å². The van der Waals surface area contributed by atoms with E-state index in [-0.39, 0.29) is 35.5 Å². The molecule has 2 amide bonds. The Morgan fingerprint density at radius 3 is 2.00 bits per heavy atom. The van der Waals surface area contributed by atoms with Gasteiger partial charge < -0.3 is 19.7 Å². The van der Waals surface area contributed by atoms with Gasteiger partial charge in [0.15, 0.2) is 0 Å². The third-order valence-corrected chi connectivity index (χ3v) is 9.50. The van der Waals surface area contributed by atoms with E-state index in [1.54, 1.807) is 61.7 Å². The molecule has 4 aromatic carbocycles. The maximum atomic E-state index is 14.6. The number of nitrogens with zero attached hydrogens (tertiary/aromatic N) is 2. The van der Waals surface area contributed by atoms with E-state index in [0.29, 0.717) is 17.9 Å². The number of hydrogen-bond acceptors (Lipinski definition) is 6. The van der Waals surface area contributed by atoms with Crippen LogP contribution in [0.25, 0.3) is 0 Å². The number of nitrogens with one attached hydrogen (secondary N) is 1. The predicted molar refractivity (Wildman–Crippen MR) is 179 cm³/mol. The number of rotatable bonds is 15. The molecule has 46 heavy (non-hydrogen) atoms. The Morgan fingerprint density at radius 2 is 1.37 bits per heavy atom. The molecule has 0 spiro atoms. The maximum Gasteiger partial charge on any atom is 0.264 e. The van der Waals surface area contributed by atoms with Gasteiger partial charge in [-0.1, -0.05) is 73.7 Å². The van der Waals surface area contributed by atoms with E-state index in [4.69, 9.17) is 9.47 Å². The van der Waals surface area contributed by atoms with Gasteiger partial charge in [0.1, 0.15) is 24.1 Å². The standard InChI is InChI=1S/C36H41N3O6S/c1-5-27(2)37-36(41)34(23-28-14-8-6-9-15-28)38(25-29-16-12-18-31(22-29)44-3)35(40)26-39(30-17-13-19-32(24-30)45-4)46(42,43)33-20-10-7-11-21-33/h6-22,24,27,34H,5,23,25-26H2,1-4H3,(H,37,41)/t27-,34+/m0/s1. The van der Waals surface area contributed by atoms with Crippen LogP contribution in [-0.4, -0.2) is 58.0 Å². The van der Waals surface area contributed by atoms with Crippen molar-refractivity contribution in [3.05, 3.63) is 120 Å². The van der Waals surface area contributed by atoms with Crippen molar-refractivity contribution in [1.82, 2.24) is 10.2 Å². The highest BCUT2D eigenvalue weighted by Crippen LogP contribution is 2.28. The van der Waals surface area contributed by atoms with Gasteiger partial charge in [0.2, 0.25) is 11.8 Å². The molecule has 0 aliphatic rings. The second kappa shape index (κ2) is 15.9. The second-order valence-electron chi connectivity index (χ2n) is 10.9. The van der Waals surface area contributed by atoms with Crippen LogP contribution in [0.3, 0.4) is 0 Å². The van der Waals surface area contributed by atoms with Crippen LogP contribution in [0.4, 0.5) is 5.69 Å². The number of hydrogen-bond donors (Lipinski definition) is 1. The van der Waals surface area contributed by atoms with E-state index in [9.17, 15) is 18.0 Å². The molecule has 0 fully saturated rings. The number of carbonyl (C=O) groups excluding carboxylic acids is 2. The normalized spacial score (nSPS) is 12.4. The molecule has 0 saturated heterocycles. The van der Waals surface area contributed by atoms with Gasteiger partial charge in [0.05, 0.1) is 24.8 Å². The number of amides is 2. The molecule has 10 heteroatoms. The highest BCUT2D eigenvalue weighted by atomic mass is 32.2. The largest absolute Gasteiger partial charge is 0.497 e. The van der Waals surface area contributed by atoms with E-state index >= 15 is 0 Å². The SMILES string of the molecule is CC[C@H](C)NC(=O)[C@@H](Cc1ccccc1)N(Cc1cccc(OC)c1)C(=O)CN(c1cccc(OC)c1)S(=O)(=O)c1ccccc1. The first kappa shape index (κ1) is 34.1. The maximum absolute atomic E-state index is 14.6. The summed E-state index contributed by atoms with van der Waals surface area (Å²) in [6.07, 6.45) is 0.927. The van der Waals surface area contributed by atoms with Gasteiger partial charge in [0, 0.05) is 25.1 Å². The molecular weight excluding hydrogens is 602 g/mol. The molecule has 1 N–H and O–H groups in total. The number of benzene rings is 4. The summed E-state index contributed by atoms with van der Waals surface area (Å²) >= 11 is 0. The lowest BCUT2D eigenvalue weighted by atomic mass is 10.0. The lowest BCUT2D eigenvalue weighted by molar-refractivity contribution is -0.140. The van der Waals surface area contributed by atoms with Crippen LogP contribution in [0.1, 0.15) is 31.4 Å². The fourth-order valence-corrected chi connectivity index (χ4v) is 6.40. The van der Waals surface area contributed by atoms with Gasteiger partial charge in [-0.05, 0) is 60.9 Å². The van der Waals surface area contributed by atoms with Crippen LogP contribution in [0.15, 0.2) is 114 Å². The van der Waals surface area contributed by atoms with E-state index in [1.165, 1.54) is 24.1 Å². The van der Waals surface area contributed by atoms with Gasteiger partial charge in [-0.2, -0.15) is 0 Å². The molecule has 0 bridgehead atoms. The van der Waals surface area contributed by atoms with Crippen LogP contribution >= 0.6 is 0 Å². The summed E-state index contributed by atoms with van der Waals surface area (Å²) in [5.74, 6) is 0.151. The number of sulfonamides is 1. The topological polar surface area (TPSA) is 105 Å². The Bertz CT molecular complexity index is 1700. The molecule has 9 nitrogen and oxygen atoms in total. The quantitative estimate of drug-likeness (QED) is 0.185. The zero-order chi connectivity index (χ0) is 33.1. The molecule has 0 unspecified atom stereocenters. The first-order valence-electron chi connectivity index (χ1n) is 15.1. The monoisotopic (exact) mass is 643 g/mol. The molecular formula is C36H41N3O6S. The molecule has 0 saturated carbocycles. The summed E-state index contributed by atoms with van der Waals surface area (Å²) in [5, 5.41) is 3.04. The predicted octanol–water partition coefficient (Wildman–Crippen LogP) is 5.45. The van der Waals surface area contributed by atoms with Crippen LogP contribution < -0.4 is 19.1 Å². The van der Waals surface area contributed by atoms with E-state index in [2.05, 4.69) is 5.32 Å². The fourth-order valence-electron chi connectivity index (χ4n) is 4.98. The van der Waals surface area contributed by atoms with Crippen LogP contribution in [0.5, 0.6) is 11.5 Å². The number of anilines is 1. The Labute approximate surface area is 271 Å². The van der Waals surface area contributed by atoms with Gasteiger partial charge in [-0.25, -0.2) is 8.42 Å². The van der Waals surface area contributed by atoms with Crippen LogP contribution in [0.2, 0.25) is 0 Å². The van der Waals surface area contributed by atoms with Crippen molar-refractivity contribution in [2.75, 3.05) is 25.1 Å². The van der Waals surface area contributed by atoms with Crippen molar-refractivity contribution in [1.29, 1.82) is 0 Å². The smallest absolute Gasteiger partial charge is 0.264 e. The fraction of sp³-hybridized carbons (Fsp3) is 0.278. The third kappa shape index (κ3) is 8.66. The Morgan fingerprint density at radius 1 is 0.783 bits per heavy atom. The van der Waals surface area contributed by atoms with Gasteiger partial charge in [0.25, 0.3) is 10.0 Å². The molecule has 0 aromatic heterocycles. The second-order valence-corrected chi connectivity index (χ2v) is 12.8. The molecule has 0 aliphatic heterocycles. The zero-order valence-corrected chi connectivity index (χ0v) is 27.4. The molecule has 4 aromatic rings. The van der Waals surface area contributed by atoms with Crippen LogP contribution in [-0.2, 0) is 32.6 Å². The molecule has 0 heterocycles. The summed E-state index contributed by atoms with van der Waals surface area (Å²) in [7, 11) is -1.17. The van der Waals surface area contributed by atoms with Crippen molar-refractivity contribution >= 4 is 27.5 Å². The lowest BCUT2D eigenvalue weighted by Crippen LogP contribution is -2.54. The highest BCUT2D eigenvalue weighted by molar-refractivity contribution is 7.92. The lowest BCUT2D eigenvalue weighted by Gasteiger charge is -2.34. The molecule has 4 rings (SSSR count). The summed E-state index contributed by atoms with van der Waals surface area (Å²) in [5.41, 5.74) is 1.83. The number of methoxy groups -OCH3 is 2. The molecule has 0 aliphatic carbocycles. The zero-order valence-electron chi connectivity index (χ0n) is 26.6. The summed E-state index contributed by atoms with van der Waals surface area (Å²) in [6, 6.07) is 30.1. The van der Waals surface area contributed by atoms with Gasteiger partial charge >= 0.3 is 0 Å². The minimum absolute atomic E-state index is 0.0281. The van der Waals surface area contributed by atoms with Crippen LogP contribution in [0, 0.1) is 0 Å².